The number of hydrogen-bond acceptors (Lipinski definition) is 5. The summed E-state index contributed by atoms with van der Waals surface area (Å²) in [7, 11) is 0. The molecular formula is C16H10N2O4. The van der Waals surface area contributed by atoms with E-state index in [4.69, 9.17) is 9.47 Å². The van der Waals surface area contributed by atoms with Crippen LogP contribution in [0.4, 0.5) is 0 Å². The smallest absolute Gasteiger partial charge is 0.282 e. The van der Waals surface area contributed by atoms with Crippen LogP contribution in [0.1, 0.15) is 26.3 Å². The molecule has 6 heteroatoms. The molecule has 2 aromatic carbocycles. The number of carbonyl (C=O) groups is 2. The van der Waals surface area contributed by atoms with E-state index in [0.717, 1.165) is 5.01 Å². The highest BCUT2D eigenvalue weighted by Gasteiger charge is 2.35. The van der Waals surface area contributed by atoms with Crippen LogP contribution in [0.5, 0.6) is 11.5 Å². The summed E-state index contributed by atoms with van der Waals surface area (Å²) in [5.41, 5.74) is 1.45. The van der Waals surface area contributed by atoms with Gasteiger partial charge >= 0.3 is 0 Å². The Morgan fingerprint density at radius 2 is 1.64 bits per heavy atom. The average Bonchev–Trinajstić information content (AvgIpc) is 3.10. The summed E-state index contributed by atoms with van der Waals surface area (Å²) in [6, 6.07) is 11.9. The maximum Gasteiger partial charge on any atom is 0.282 e. The van der Waals surface area contributed by atoms with Gasteiger partial charge in [-0.05, 0) is 35.9 Å². The largest absolute Gasteiger partial charge is 0.454 e. The molecule has 2 aliphatic rings. The molecule has 108 valence electrons. The average molecular weight is 294 g/mol. The van der Waals surface area contributed by atoms with Gasteiger partial charge in [0, 0.05) is 0 Å². The number of nitrogens with zero attached hydrogens (tertiary/aromatic N) is 2. The maximum atomic E-state index is 12.2. The van der Waals surface area contributed by atoms with Gasteiger partial charge in [-0.2, -0.15) is 10.1 Å². The summed E-state index contributed by atoms with van der Waals surface area (Å²) in [6.45, 7) is 0.189. The Morgan fingerprint density at radius 3 is 2.36 bits per heavy atom. The first-order valence-electron chi connectivity index (χ1n) is 6.65. The van der Waals surface area contributed by atoms with Gasteiger partial charge < -0.3 is 9.47 Å². The molecule has 2 aromatic rings. The molecule has 0 N–H and O–H groups in total. The fraction of sp³-hybridized carbons (Fsp3) is 0.0625. The van der Waals surface area contributed by atoms with Crippen LogP contribution in [0.3, 0.4) is 0 Å². The third-order valence-corrected chi connectivity index (χ3v) is 3.49. The normalized spacial score (nSPS) is 15.7. The molecule has 0 radical (unpaired) electrons. The number of amides is 2. The topological polar surface area (TPSA) is 68.2 Å². The molecule has 2 amide bonds. The van der Waals surface area contributed by atoms with Gasteiger partial charge in [0.05, 0.1) is 17.3 Å². The number of benzene rings is 2. The minimum atomic E-state index is -0.419. The van der Waals surface area contributed by atoms with Crippen LogP contribution in [0, 0.1) is 0 Å². The first-order chi connectivity index (χ1) is 10.7. The van der Waals surface area contributed by atoms with Crippen LogP contribution in [0.25, 0.3) is 0 Å². The van der Waals surface area contributed by atoms with Crippen LogP contribution in [-0.4, -0.2) is 29.8 Å². The van der Waals surface area contributed by atoms with Gasteiger partial charge in [-0.3, -0.25) is 9.59 Å². The third kappa shape index (κ3) is 1.85. The third-order valence-electron chi connectivity index (χ3n) is 3.49. The Labute approximate surface area is 125 Å². The van der Waals surface area contributed by atoms with Gasteiger partial charge in [-0.1, -0.05) is 12.1 Å². The van der Waals surface area contributed by atoms with Gasteiger partial charge in [0.25, 0.3) is 11.8 Å². The molecule has 6 nitrogen and oxygen atoms in total. The lowest BCUT2D eigenvalue weighted by atomic mass is 10.1. The Bertz CT molecular complexity index is 794. The zero-order valence-electron chi connectivity index (χ0n) is 11.4. The predicted molar refractivity (Wildman–Crippen MR) is 77.1 cm³/mol. The summed E-state index contributed by atoms with van der Waals surface area (Å²) in [6.07, 6.45) is 1.45. The molecule has 2 aliphatic heterocycles. The number of imide groups is 1. The van der Waals surface area contributed by atoms with E-state index >= 15 is 0 Å². The van der Waals surface area contributed by atoms with Crippen molar-refractivity contribution in [2.24, 2.45) is 5.10 Å². The van der Waals surface area contributed by atoms with Crippen LogP contribution >= 0.6 is 0 Å². The minimum Gasteiger partial charge on any atom is -0.454 e. The molecule has 0 bridgehead atoms. The zero-order valence-corrected chi connectivity index (χ0v) is 11.4. The minimum absolute atomic E-state index is 0.189. The monoisotopic (exact) mass is 294 g/mol. The lowest BCUT2D eigenvalue weighted by Crippen LogP contribution is -2.23. The molecule has 0 aliphatic carbocycles. The molecule has 22 heavy (non-hydrogen) atoms. The van der Waals surface area contributed by atoms with Crippen molar-refractivity contribution in [3.05, 3.63) is 59.2 Å². The maximum absolute atomic E-state index is 12.2. The van der Waals surface area contributed by atoms with Gasteiger partial charge in [0.1, 0.15) is 0 Å². The molecule has 0 spiro atoms. The highest BCUT2D eigenvalue weighted by atomic mass is 16.7. The zero-order chi connectivity index (χ0) is 15.1. The molecular weight excluding hydrogens is 284 g/mol. The lowest BCUT2D eigenvalue weighted by Gasteiger charge is -2.05. The van der Waals surface area contributed by atoms with Crippen molar-refractivity contribution < 1.29 is 19.1 Å². The SMILES string of the molecule is O=C1c2ccccc2C(=O)N1/N=C\c1ccc2c(c1)OCO2. The molecule has 4 rings (SSSR count). The fourth-order valence-corrected chi connectivity index (χ4v) is 2.40. The van der Waals surface area contributed by atoms with Crippen molar-refractivity contribution in [2.75, 3.05) is 6.79 Å². The quantitative estimate of drug-likeness (QED) is 0.628. The Kier molecular flexibility index (Phi) is 2.69. The molecule has 0 saturated carbocycles. The predicted octanol–water partition coefficient (Wildman–Crippen LogP) is 2.05. The van der Waals surface area contributed by atoms with E-state index in [-0.39, 0.29) is 6.79 Å². The van der Waals surface area contributed by atoms with Gasteiger partial charge in [0.2, 0.25) is 6.79 Å². The van der Waals surface area contributed by atoms with Crippen LogP contribution in [0.15, 0.2) is 47.6 Å². The number of hydrogen-bond donors (Lipinski definition) is 0. The van der Waals surface area contributed by atoms with Crippen LogP contribution in [0.2, 0.25) is 0 Å². The van der Waals surface area contributed by atoms with Crippen molar-refractivity contribution in [3.63, 3.8) is 0 Å². The van der Waals surface area contributed by atoms with Crippen LogP contribution in [-0.2, 0) is 0 Å². The second-order valence-electron chi connectivity index (χ2n) is 4.82. The number of rotatable bonds is 2. The summed E-state index contributed by atoms with van der Waals surface area (Å²) >= 11 is 0. The molecule has 0 fully saturated rings. The Balaban J connectivity index is 1.62. The first kappa shape index (κ1) is 12.6. The van der Waals surface area contributed by atoms with Crippen LogP contribution < -0.4 is 9.47 Å². The number of carbonyl (C=O) groups excluding carboxylic acids is 2. The highest BCUT2D eigenvalue weighted by molar-refractivity contribution is 6.21. The van der Waals surface area contributed by atoms with Crippen molar-refractivity contribution in [1.29, 1.82) is 0 Å². The van der Waals surface area contributed by atoms with E-state index in [9.17, 15) is 9.59 Å². The first-order valence-corrected chi connectivity index (χ1v) is 6.65. The van der Waals surface area contributed by atoms with Gasteiger partial charge in [-0.15, -0.1) is 0 Å². The van der Waals surface area contributed by atoms with Crippen molar-refractivity contribution in [3.8, 4) is 11.5 Å². The number of hydrazone groups is 1. The Hall–Kier alpha value is -3.15. The standard InChI is InChI=1S/C16H10N2O4/c19-15-11-3-1-2-4-12(11)16(20)18(15)17-8-10-5-6-13-14(7-10)22-9-21-13/h1-8H,9H2/b17-8-. The molecule has 0 saturated heterocycles. The van der Waals surface area contributed by atoms with E-state index in [1.165, 1.54) is 6.21 Å². The second kappa shape index (κ2) is 4.70. The van der Waals surface area contributed by atoms with Gasteiger partial charge in [-0.25, -0.2) is 0 Å². The van der Waals surface area contributed by atoms with Crippen molar-refractivity contribution in [2.45, 2.75) is 0 Å². The summed E-state index contributed by atoms with van der Waals surface area (Å²) < 4.78 is 10.5. The van der Waals surface area contributed by atoms with Crippen molar-refractivity contribution in [1.82, 2.24) is 5.01 Å². The summed E-state index contributed by atoms with van der Waals surface area (Å²) in [4.78, 5) is 24.3. The molecule has 2 heterocycles. The van der Waals surface area contributed by atoms with Gasteiger partial charge in [0.15, 0.2) is 11.5 Å². The van der Waals surface area contributed by atoms with E-state index in [1.807, 2.05) is 0 Å². The molecule has 0 atom stereocenters. The van der Waals surface area contributed by atoms with E-state index in [2.05, 4.69) is 5.10 Å². The van der Waals surface area contributed by atoms with E-state index in [1.54, 1.807) is 42.5 Å². The fourth-order valence-electron chi connectivity index (χ4n) is 2.40. The highest BCUT2D eigenvalue weighted by Crippen LogP contribution is 2.32. The summed E-state index contributed by atoms with van der Waals surface area (Å²) in [5.74, 6) is 0.444. The van der Waals surface area contributed by atoms with E-state index < -0.39 is 11.8 Å². The molecule has 0 aromatic heterocycles. The lowest BCUT2D eigenvalue weighted by molar-refractivity contribution is 0.0660. The van der Waals surface area contributed by atoms with Crippen molar-refractivity contribution >= 4 is 18.0 Å². The molecule has 0 unspecified atom stereocenters. The number of fused-ring (bicyclic) bond motifs is 2. The van der Waals surface area contributed by atoms with E-state index in [0.29, 0.717) is 28.2 Å². The summed E-state index contributed by atoms with van der Waals surface area (Å²) in [5, 5.41) is 4.88. The second-order valence-corrected chi connectivity index (χ2v) is 4.82. The Morgan fingerprint density at radius 1 is 0.955 bits per heavy atom. The number of ether oxygens (including phenoxy) is 2.